The molecule has 0 N–H and O–H groups in total. The van der Waals surface area contributed by atoms with Crippen LogP contribution in [-0.4, -0.2) is 26.2 Å². The fraction of sp³-hybridized carbons (Fsp3) is 0.385. The van der Waals surface area contributed by atoms with Crippen molar-refractivity contribution in [1.82, 2.24) is 0 Å². The molecule has 1 aliphatic carbocycles. The Hall–Kier alpha value is -1.55. The molecular formula is C13H13ClO4. The van der Waals surface area contributed by atoms with Crippen molar-refractivity contribution in [2.45, 2.75) is 4.87 Å². The molecular weight excluding hydrogens is 256 g/mol. The van der Waals surface area contributed by atoms with Gasteiger partial charge < -0.3 is 9.47 Å². The van der Waals surface area contributed by atoms with E-state index in [1.165, 1.54) is 14.2 Å². The highest BCUT2D eigenvalue weighted by atomic mass is 35.5. The number of hydrogen-bond donors (Lipinski definition) is 0. The highest BCUT2D eigenvalue weighted by Gasteiger charge is 2.73. The Kier molecular flexibility index (Phi) is 3.30. The van der Waals surface area contributed by atoms with Gasteiger partial charge in [0.1, 0.15) is 0 Å². The molecule has 0 amide bonds. The monoisotopic (exact) mass is 268 g/mol. The number of benzene rings is 1. The third kappa shape index (κ3) is 1.77. The maximum absolute atomic E-state index is 11.7. The lowest BCUT2D eigenvalue weighted by Gasteiger charge is -2.08. The van der Waals surface area contributed by atoms with E-state index in [1.54, 1.807) is 24.3 Å². The quantitative estimate of drug-likeness (QED) is 0.619. The average molecular weight is 269 g/mol. The second-order valence-electron chi connectivity index (χ2n) is 4.14. The Bertz CT molecular complexity index is 449. The molecule has 0 bridgehead atoms. The van der Waals surface area contributed by atoms with E-state index in [0.29, 0.717) is 0 Å². The number of carbonyl (C=O) groups excluding carboxylic acids is 2. The van der Waals surface area contributed by atoms with Crippen molar-refractivity contribution in [3.63, 3.8) is 0 Å². The van der Waals surface area contributed by atoms with Gasteiger partial charge in [-0.05, 0) is 5.56 Å². The Morgan fingerprint density at radius 3 is 1.89 bits per heavy atom. The van der Waals surface area contributed by atoms with Gasteiger partial charge in [-0.2, -0.15) is 0 Å². The molecule has 0 aliphatic heterocycles. The summed E-state index contributed by atoms with van der Waals surface area (Å²) in [6, 6.07) is 9.02. The highest BCUT2D eigenvalue weighted by Crippen LogP contribution is 2.64. The molecule has 1 saturated carbocycles. The summed E-state index contributed by atoms with van der Waals surface area (Å²) in [6.07, 6.45) is 0. The van der Waals surface area contributed by atoms with Crippen LogP contribution in [0.25, 0.3) is 0 Å². The predicted octanol–water partition coefficient (Wildman–Crippen LogP) is 1.71. The van der Waals surface area contributed by atoms with Gasteiger partial charge >= 0.3 is 11.9 Å². The van der Waals surface area contributed by atoms with Gasteiger partial charge in [0.05, 0.1) is 30.9 Å². The van der Waals surface area contributed by atoms with Crippen molar-refractivity contribution >= 4 is 23.5 Å². The standard InChI is InChI=1S/C13H13ClO4/c1-17-11(15)9-10(12(16)18-2)13(9,14)8-6-4-3-5-7-8/h3-7,9-10H,1-2H3/t9-,10-/m0/s1. The van der Waals surface area contributed by atoms with Crippen LogP contribution < -0.4 is 0 Å². The summed E-state index contributed by atoms with van der Waals surface area (Å²) in [5.41, 5.74) is 0.720. The van der Waals surface area contributed by atoms with Crippen LogP contribution in [0.3, 0.4) is 0 Å². The molecule has 1 aromatic rings. The summed E-state index contributed by atoms with van der Waals surface area (Å²) < 4.78 is 9.37. The van der Waals surface area contributed by atoms with Crippen molar-refractivity contribution in [1.29, 1.82) is 0 Å². The third-order valence-electron chi connectivity index (χ3n) is 3.26. The molecule has 1 fully saturated rings. The molecule has 0 radical (unpaired) electrons. The Morgan fingerprint density at radius 1 is 1.06 bits per heavy atom. The molecule has 1 aliphatic rings. The minimum atomic E-state index is -1.05. The average Bonchev–Trinajstić information content (AvgIpc) is 3.06. The van der Waals surface area contributed by atoms with Gasteiger partial charge in [-0.25, -0.2) is 0 Å². The molecule has 0 aromatic heterocycles. The van der Waals surface area contributed by atoms with E-state index in [2.05, 4.69) is 9.47 Å². The molecule has 4 nitrogen and oxygen atoms in total. The van der Waals surface area contributed by atoms with Crippen molar-refractivity contribution in [3.05, 3.63) is 35.9 Å². The lowest BCUT2D eigenvalue weighted by atomic mass is 10.1. The smallest absolute Gasteiger partial charge is 0.311 e. The molecule has 96 valence electrons. The van der Waals surface area contributed by atoms with E-state index in [0.717, 1.165) is 5.56 Å². The van der Waals surface area contributed by atoms with Crippen LogP contribution in [0.5, 0.6) is 0 Å². The molecule has 18 heavy (non-hydrogen) atoms. The van der Waals surface area contributed by atoms with Gasteiger partial charge in [-0.1, -0.05) is 30.3 Å². The largest absolute Gasteiger partial charge is 0.469 e. The minimum absolute atomic E-state index is 0.496. The zero-order chi connectivity index (χ0) is 13.3. The van der Waals surface area contributed by atoms with E-state index in [1.807, 2.05) is 6.07 Å². The first-order valence-electron chi connectivity index (χ1n) is 5.47. The molecule has 2 atom stereocenters. The van der Waals surface area contributed by atoms with E-state index in [-0.39, 0.29) is 0 Å². The van der Waals surface area contributed by atoms with E-state index in [9.17, 15) is 9.59 Å². The molecule has 0 spiro atoms. The number of alkyl halides is 1. The number of carbonyl (C=O) groups is 2. The van der Waals surface area contributed by atoms with Crippen LogP contribution in [0, 0.1) is 11.8 Å². The SMILES string of the molecule is COC(=O)[C@@H]1[C@@H](C(=O)OC)C1(Cl)c1ccccc1. The Morgan fingerprint density at radius 2 is 1.50 bits per heavy atom. The number of esters is 2. The lowest BCUT2D eigenvalue weighted by Crippen LogP contribution is -2.10. The van der Waals surface area contributed by atoms with Crippen LogP contribution >= 0.6 is 11.6 Å². The topological polar surface area (TPSA) is 52.6 Å². The number of rotatable bonds is 3. The zero-order valence-corrected chi connectivity index (χ0v) is 10.8. The Balaban J connectivity index is 2.36. The second-order valence-corrected chi connectivity index (χ2v) is 4.76. The summed E-state index contributed by atoms with van der Waals surface area (Å²) in [5.74, 6) is -2.38. The highest BCUT2D eigenvalue weighted by molar-refractivity contribution is 6.31. The van der Waals surface area contributed by atoms with Crippen LogP contribution in [0.2, 0.25) is 0 Å². The first kappa shape index (κ1) is 12.9. The summed E-state index contributed by atoms with van der Waals surface area (Å²) >= 11 is 6.45. The van der Waals surface area contributed by atoms with Gasteiger partial charge in [0.25, 0.3) is 0 Å². The van der Waals surface area contributed by atoms with Crippen molar-refractivity contribution < 1.29 is 19.1 Å². The van der Waals surface area contributed by atoms with Gasteiger partial charge in [0.2, 0.25) is 0 Å². The van der Waals surface area contributed by atoms with Crippen LogP contribution in [0.4, 0.5) is 0 Å². The number of halogens is 1. The van der Waals surface area contributed by atoms with E-state index < -0.39 is 28.6 Å². The normalized spacial score (nSPS) is 29.5. The molecule has 2 rings (SSSR count). The van der Waals surface area contributed by atoms with E-state index in [4.69, 9.17) is 11.6 Å². The summed E-state index contributed by atoms with van der Waals surface area (Å²) in [5, 5.41) is 0. The Labute approximate surface area is 110 Å². The van der Waals surface area contributed by atoms with Crippen LogP contribution in [-0.2, 0) is 23.9 Å². The second kappa shape index (κ2) is 4.61. The van der Waals surface area contributed by atoms with Gasteiger partial charge in [0.15, 0.2) is 0 Å². The number of methoxy groups -OCH3 is 2. The zero-order valence-electron chi connectivity index (χ0n) is 10.1. The summed E-state index contributed by atoms with van der Waals surface area (Å²) in [7, 11) is 2.55. The molecule has 0 heterocycles. The van der Waals surface area contributed by atoms with Crippen molar-refractivity contribution in [2.75, 3.05) is 14.2 Å². The molecule has 5 heteroatoms. The van der Waals surface area contributed by atoms with Crippen molar-refractivity contribution in [2.24, 2.45) is 11.8 Å². The van der Waals surface area contributed by atoms with E-state index >= 15 is 0 Å². The van der Waals surface area contributed by atoms with Gasteiger partial charge in [-0.15, -0.1) is 11.6 Å². The molecule has 0 unspecified atom stereocenters. The van der Waals surface area contributed by atoms with Gasteiger partial charge in [-0.3, -0.25) is 9.59 Å². The first-order chi connectivity index (χ1) is 8.57. The van der Waals surface area contributed by atoms with Crippen LogP contribution in [0.1, 0.15) is 5.56 Å². The number of ether oxygens (including phenoxy) is 2. The number of hydrogen-bond acceptors (Lipinski definition) is 4. The lowest BCUT2D eigenvalue weighted by molar-refractivity contribution is -0.148. The summed E-state index contributed by atoms with van der Waals surface area (Å²) in [4.78, 5) is 22.3. The molecule has 1 aromatic carbocycles. The predicted molar refractivity (Wildman–Crippen MR) is 65.0 cm³/mol. The fourth-order valence-corrected chi connectivity index (χ4v) is 2.77. The van der Waals surface area contributed by atoms with Crippen molar-refractivity contribution in [3.8, 4) is 0 Å². The van der Waals surface area contributed by atoms with Gasteiger partial charge in [0, 0.05) is 0 Å². The fourth-order valence-electron chi connectivity index (χ4n) is 2.28. The maximum atomic E-state index is 11.7. The first-order valence-corrected chi connectivity index (χ1v) is 5.85. The third-order valence-corrected chi connectivity index (χ3v) is 3.94. The van der Waals surface area contributed by atoms with Crippen LogP contribution in [0.15, 0.2) is 30.3 Å². The maximum Gasteiger partial charge on any atom is 0.311 e. The molecule has 0 saturated heterocycles. The summed E-state index contributed by atoms with van der Waals surface area (Å²) in [6.45, 7) is 0. The minimum Gasteiger partial charge on any atom is -0.469 e.